The molecule has 0 saturated carbocycles. The topological polar surface area (TPSA) is 29.5 Å². The van der Waals surface area contributed by atoms with Crippen LogP contribution in [0.15, 0.2) is 24.3 Å². The van der Waals surface area contributed by atoms with E-state index in [1.165, 1.54) is 0 Å². The second-order valence-electron chi connectivity index (χ2n) is 4.78. The molecule has 1 aliphatic heterocycles. The molecule has 1 aromatic rings. The second kappa shape index (κ2) is 6.32. The van der Waals surface area contributed by atoms with Gasteiger partial charge in [0.05, 0.1) is 13.2 Å². The monoisotopic (exact) mass is 267 g/mol. The number of benzene rings is 1. The highest BCUT2D eigenvalue weighted by Gasteiger charge is 2.24. The van der Waals surface area contributed by atoms with Crippen LogP contribution in [0.3, 0.4) is 0 Å². The Hall–Kier alpha value is -0.900. The molecule has 2 rings (SSSR count). The maximum atomic E-state index is 12.1. The molecule has 1 saturated heterocycles. The van der Waals surface area contributed by atoms with Gasteiger partial charge in [0.25, 0.3) is 0 Å². The summed E-state index contributed by atoms with van der Waals surface area (Å²) >= 11 is 5.89. The molecule has 98 valence electrons. The average molecular weight is 268 g/mol. The molecule has 0 N–H and O–H groups in total. The third-order valence-electron chi connectivity index (χ3n) is 3.29. The van der Waals surface area contributed by atoms with E-state index in [9.17, 15) is 4.79 Å². The van der Waals surface area contributed by atoms with Crippen molar-refractivity contribution in [1.82, 2.24) is 4.90 Å². The number of nitrogens with zero attached hydrogens (tertiary/aromatic N) is 1. The number of Topliss-reactive ketones (excluding diaryl/α,β-unsaturated/α-hetero) is 1. The van der Waals surface area contributed by atoms with E-state index in [2.05, 4.69) is 4.90 Å². The van der Waals surface area contributed by atoms with Gasteiger partial charge in [-0.05, 0) is 31.0 Å². The number of ketones is 1. The van der Waals surface area contributed by atoms with Crippen molar-refractivity contribution in [2.75, 3.05) is 33.4 Å². The number of halogens is 1. The molecule has 1 heterocycles. The number of carbonyl (C=O) groups is 1. The number of ether oxygens (including phenoxy) is 1. The number of hydrogen-bond donors (Lipinski definition) is 0. The van der Waals surface area contributed by atoms with Crippen LogP contribution in [-0.2, 0) is 4.74 Å². The molecule has 1 aromatic carbocycles. The fourth-order valence-corrected chi connectivity index (χ4v) is 2.57. The Labute approximate surface area is 113 Å². The average Bonchev–Trinajstić information content (AvgIpc) is 2.77. The van der Waals surface area contributed by atoms with Gasteiger partial charge in [-0.3, -0.25) is 9.69 Å². The first-order valence-electron chi connectivity index (χ1n) is 6.19. The maximum Gasteiger partial charge on any atom is 0.176 e. The van der Waals surface area contributed by atoms with Gasteiger partial charge in [-0.15, -0.1) is 0 Å². The molecule has 0 spiro atoms. The van der Waals surface area contributed by atoms with E-state index in [1.54, 1.807) is 19.2 Å². The van der Waals surface area contributed by atoms with Gasteiger partial charge in [0.2, 0.25) is 0 Å². The van der Waals surface area contributed by atoms with Crippen molar-refractivity contribution in [2.24, 2.45) is 5.92 Å². The highest BCUT2D eigenvalue weighted by atomic mass is 35.5. The van der Waals surface area contributed by atoms with Gasteiger partial charge in [0.1, 0.15) is 0 Å². The lowest BCUT2D eigenvalue weighted by Gasteiger charge is -2.14. The lowest BCUT2D eigenvalue weighted by molar-refractivity contribution is 0.0937. The summed E-state index contributed by atoms with van der Waals surface area (Å²) in [5.41, 5.74) is 0.692. The van der Waals surface area contributed by atoms with Crippen LogP contribution in [0.5, 0.6) is 0 Å². The lowest BCUT2D eigenvalue weighted by Crippen LogP contribution is -2.28. The van der Waals surface area contributed by atoms with Crippen LogP contribution >= 0.6 is 11.6 Å². The summed E-state index contributed by atoms with van der Waals surface area (Å²) in [6, 6.07) is 7.14. The summed E-state index contributed by atoms with van der Waals surface area (Å²) in [4.78, 5) is 14.3. The number of carbonyl (C=O) groups excluding carboxylic acids is 1. The minimum absolute atomic E-state index is 0.135. The van der Waals surface area contributed by atoms with Crippen LogP contribution in [0.4, 0.5) is 0 Å². The first-order valence-corrected chi connectivity index (χ1v) is 6.57. The van der Waals surface area contributed by atoms with E-state index in [-0.39, 0.29) is 5.78 Å². The first-order chi connectivity index (χ1) is 8.69. The number of likely N-dealkylation sites (tertiary alicyclic amines) is 1. The molecular weight excluding hydrogens is 250 g/mol. The van der Waals surface area contributed by atoms with Crippen LogP contribution in [0.25, 0.3) is 0 Å². The summed E-state index contributed by atoms with van der Waals surface area (Å²) in [7, 11) is 1.72. The number of hydrogen-bond acceptors (Lipinski definition) is 3. The summed E-state index contributed by atoms with van der Waals surface area (Å²) in [5, 5.41) is 0.611. The molecular formula is C14H18ClNO2. The summed E-state index contributed by atoms with van der Waals surface area (Å²) in [6.45, 7) is 3.17. The highest BCUT2D eigenvalue weighted by Crippen LogP contribution is 2.17. The van der Waals surface area contributed by atoms with Crippen molar-refractivity contribution in [3.05, 3.63) is 34.9 Å². The molecule has 0 bridgehead atoms. The van der Waals surface area contributed by atoms with Crippen LogP contribution in [-0.4, -0.2) is 44.0 Å². The molecule has 1 atom stereocenters. The lowest BCUT2D eigenvalue weighted by atomic mass is 10.1. The molecule has 0 radical (unpaired) electrons. The normalized spacial score (nSPS) is 20.2. The second-order valence-corrected chi connectivity index (χ2v) is 5.22. The van der Waals surface area contributed by atoms with Crippen LogP contribution < -0.4 is 0 Å². The van der Waals surface area contributed by atoms with E-state index < -0.39 is 0 Å². The molecule has 18 heavy (non-hydrogen) atoms. The highest BCUT2D eigenvalue weighted by molar-refractivity contribution is 6.31. The SMILES string of the molecule is COCC1CCN(CC(=O)c2cccc(Cl)c2)C1. The Bertz CT molecular complexity index is 422. The molecule has 3 nitrogen and oxygen atoms in total. The van der Waals surface area contributed by atoms with E-state index >= 15 is 0 Å². The molecule has 1 fully saturated rings. The number of methoxy groups -OCH3 is 1. The summed E-state index contributed by atoms with van der Waals surface area (Å²) in [5.74, 6) is 0.692. The van der Waals surface area contributed by atoms with Crippen molar-refractivity contribution in [3.8, 4) is 0 Å². The van der Waals surface area contributed by atoms with Gasteiger partial charge in [-0.2, -0.15) is 0 Å². The smallest absolute Gasteiger partial charge is 0.176 e. The van der Waals surface area contributed by atoms with Crippen LogP contribution in [0.2, 0.25) is 5.02 Å². The summed E-state index contributed by atoms with van der Waals surface area (Å²) < 4.78 is 5.15. The minimum atomic E-state index is 0.135. The molecule has 0 aliphatic carbocycles. The minimum Gasteiger partial charge on any atom is -0.384 e. The first kappa shape index (κ1) is 13.5. The molecule has 1 aliphatic rings. The van der Waals surface area contributed by atoms with Gasteiger partial charge >= 0.3 is 0 Å². The Morgan fingerprint density at radius 3 is 3.11 bits per heavy atom. The third kappa shape index (κ3) is 3.55. The Balaban J connectivity index is 1.89. The van der Waals surface area contributed by atoms with Crippen LogP contribution in [0.1, 0.15) is 16.8 Å². The zero-order valence-electron chi connectivity index (χ0n) is 10.6. The Morgan fingerprint density at radius 1 is 1.56 bits per heavy atom. The Kier molecular flexibility index (Phi) is 4.75. The predicted octanol–water partition coefficient (Wildman–Crippen LogP) is 2.49. The van der Waals surface area contributed by atoms with Crippen molar-refractivity contribution < 1.29 is 9.53 Å². The van der Waals surface area contributed by atoms with Gasteiger partial charge in [-0.1, -0.05) is 23.7 Å². The zero-order chi connectivity index (χ0) is 13.0. The van der Waals surface area contributed by atoms with Gasteiger partial charge in [0.15, 0.2) is 5.78 Å². The van der Waals surface area contributed by atoms with E-state index in [0.717, 1.165) is 26.1 Å². The predicted molar refractivity (Wildman–Crippen MR) is 72.2 cm³/mol. The molecule has 4 heteroatoms. The van der Waals surface area contributed by atoms with E-state index in [4.69, 9.17) is 16.3 Å². The van der Waals surface area contributed by atoms with Crippen molar-refractivity contribution >= 4 is 17.4 Å². The zero-order valence-corrected chi connectivity index (χ0v) is 11.3. The quantitative estimate of drug-likeness (QED) is 0.768. The van der Waals surface area contributed by atoms with Gasteiger partial charge < -0.3 is 4.74 Å². The standard InChI is InChI=1S/C14H18ClNO2/c1-18-10-11-5-6-16(8-11)9-14(17)12-3-2-4-13(15)7-12/h2-4,7,11H,5-6,8-10H2,1H3. The Morgan fingerprint density at radius 2 is 2.39 bits per heavy atom. The van der Waals surface area contributed by atoms with Gasteiger partial charge in [-0.25, -0.2) is 0 Å². The number of rotatable bonds is 5. The fraction of sp³-hybridized carbons (Fsp3) is 0.500. The van der Waals surface area contributed by atoms with E-state index in [0.29, 0.717) is 23.0 Å². The largest absolute Gasteiger partial charge is 0.384 e. The van der Waals surface area contributed by atoms with Gasteiger partial charge in [0, 0.05) is 24.2 Å². The fourth-order valence-electron chi connectivity index (χ4n) is 2.38. The van der Waals surface area contributed by atoms with Crippen molar-refractivity contribution in [2.45, 2.75) is 6.42 Å². The molecule has 0 amide bonds. The molecule has 1 unspecified atom stereocenters. The molecule has 0 aromatic heterocycles. The summed E-state index contributed by atoms with van der Waals surface area (Å²) in [6.07, 6.45) is 1.11. The van der Waals surface area contributed by atoms with Crippen molar-refractivity contribution in [1.29, 1.82) is 0 Å². The third-order valence-corrected chi connectivity index (χ3v) is 3.52. The van der Waals surface area contributed by atoms with Crippen LogP contribution in [0, 0.1) is 5.92 Å². The van der Waals surface area contributed by atoms with Crippen molar-refractivity contribution in [3.63, 3.8) is 0 Å². The van der Waals surface area contributed by atoms with E-state index in [1.807, 2.05) is 12.1 Å². The maximum absolute atomic E-state index is 12.1.